The maximum Gasteiger partial charge on any atom is 0.234 e. The van der Waals surface area contributed by atoms with Gasteiger partial charge in [-0.25, -0.2) is 9.37 Å². The standard InChI is InChI=1S/C31H39ClFN7OS/c1-19(2)31(18-39-14-23(35-37-39)15-40-22(5)20(3)21(4)36-40)12-9-13-38(17-31)29(41)30(6,7)26-16-42-28(34-26)27-24(32)10-8-11-25(27)33/h8,10-11,14,16,19H,9,12-13,15,17-18H2,1-7H3. The molecule has 0 spiro atoms. The van der Waals surface area contributed by atoms with Gasteiger partial charge < -0.3 is 4.90 Å². The van der Waals surface area contributed by atoms with Crippen molar-refractivity contribution in [1.82, 2.24) is 34.7 Å². The van der Waals surface area contributed by atoms with Crippen LogP contribution in [0.4, 0.5) is 4.39 Å². The first-order valence-electron chi connectivity index (χ1n) is 14.4. The van der Waals surface area contributed by atoms with E-state index >= 15 is 0 Å². The summed E-state index contributed by atoms with van der Waals surface area (Å²) < 4.78 is 18.5. The van der Waals surface area contributed by atoms with Crippen LogP contribution >= 0.6 is 22.9 Å². The molecule has 42 heavy (non-hydrogen) atoms. The number of aryl methyl sites for hydroxylation is 1. The molecule has 0 radical (unpaired) electrons. The number of piperidine rings is 1. The van der Waals surface area contributed by atoms with Gasteiger partial charge in [0.2, 0.25) is 5.91 Å². The molecule has 1 aliphatic rings. The molecule has 0 N–H and O–H groups in total. The molecule has 1 aromatic carbocycles. The van der Waals surface area contributed by atoms with E-state index in [2.05, 4.69) is 43.1 Å². The molecule has 1 fully saturated rings. The topological polar surface area (TPSA) is 81.7 Å². The highest BCUT2D eigenvalue weighted by Gasteiger charge is 2.44. The summed E-state index contributed by atoms with van der Waals surface area (Å²) in [6.45, 7) is 17.0. The van der Waals surface area contributed by atoms with E-state index in [9.17, 15) is 9.18 Å². The Morgan fingerprint density at radius 2 is 2.00 bits per heavy atom. The molecule has 5 rings (SSSR count). The number of thiazole rings is 1. The largest absolute Gasteiger partial charge is 0.341 e. The number of aromatic nitrogens is 6. The average molecular weight is 612 g/mol. The second-order valence-corrected chi connectivity index (χ2v) is 13.7. The van der Waals surface area contributed by atoms with Crippen LogP contribution in [0.15, 0.2) is 29.8 Å². The minimum atomic E-state index is -0.884. The molecular formula is C31H39ClFN7OS. The minimum absolute atomic E-state index is 0.0166. The van der Waals surface area contributed by atoms with Gasteiger partial charge in [0.25, 0.3) is 0 Å². The van der Waals surface area contributed by atoms with Crippen molar-refractivity contribution in [1.29, 1.82) is 0 Å². The Balaban J connectivity index is 1.34. The van der Waals surface area contributed by atoms with Crippen LogP contribution in [0.1, 0.15) is 68.9 Å². The van der Waals surface area contributed by atoms with Crippen LogP contribution in [0.3, 0.4) is 0 Å². The minimum Gasteiger partial charge on any atom is -0.341 e. The molecule has 1 atom stereocenters. The zero-order valence-corrected chi connectivity index (χ0v) is 27.0. The number of amides is 1. The second kappa shape index (κ2) is 11.5. The average Bonchev–Trinajstić information content (AvgIpc) is 3.66. The van der Waals surface area contributed by atoms with Gasteiger partial charge in [0.1, 0.15) is 16.5 Å². The second-order valence-electron chi connectivity index (χ2n) is 12.5. The van der Waals surface area contributed by atoms with Crippen LogP contribution in [0.2, 0.25) is 5.02 Å². The molecule has 0 bridgehead atoms. The van der Waals surface area contributed by atoms with E-state index in [1.54, 1.807) is 12.1 Å². The van der Waals surface area contributed by atoms with E-state index in [1.807, 2.05) is 46.6 Å². The SMILES string of the molecule is Cc1nn(Cc2cn(CC3(C(C)C)CCCN(C(=O)C(C)(C)c4csc(-c5c(F)cccc5Cl)n4)C3)nn2)c(C)c1C. The number of likely N-dealkylation sites (tertiary alicyclic amines) is 1. The van der Waals surface area contributed by atoms with Crippen LogP contribution in [0, 0.1) is 37.9 Å². The lowest BCUT2D eigenvalue weighted by molar-refractivity contribution is -0.141. The normalized spacial score (nSPS) is 17.8. The van der Waals surface area contributed by atoms with Crippen LogP contribution in [0.5, 0.6) is 0 Å². The van der Waals surface area contributed by atoms with Gasteiger partial charge in [-0.05, 0) is 71.1 Å². The molecule has 4 heterocycles. The van der Waals surface area contributed by atoms with E-state index in [4.69, 9.17) is 16.6 Å². The third kappa shape index (κ3) is 5.63. The van der Waals surface area contributed by atoms with Crippen molar-refractivity contribution in [3.63, 3.8) is 0 Å². The van der Waals surface area contributed by atoms with Gasteiger partial charge in [0, 0.05) is 29.6 Å². The highest BCUT2D eigenvalue weighted by Crippen LogP contribution is 2.41. The summed E-state index contributed by atoms with van der Waals surface area (Å²) in [4.78, 5) is 20.8. The third-order valence-corrected chi connectivity index (χ3v) is 10.3. The van der Waals surface area contributed by atoms with Gasteiger partial charge in [0.15, 0.2) is 0 Å². The third-order valence-electron chi connectivity index (χ3n) is 9.09. The van der Waals surface area contributed by atoms with Gasteiger partial charge in [-0.3, -0.25) is 14.2 Å². The Bertz CT molecular complexity index is 1590. The number of hydrogen-bond donors (Lipinski definition) is 0. The number of carbonyl (C=O) groups excluding carboxylic acids is 1. The van der Waals surface area contributed by atoms with Gasteiger partial charge in [-0.1, -0.05) is 36.7 Å². The summed E-state index contributed by atoms with van der Waals surface area (Å²) in [5.41, 5.74) is 4.07. The molecule has 1 saturated heterocycles. The van der Waals surface area contributed by atoms with Crippen LogP contribution < -0.4 is 0 Å². The van der Waals surface area contributed by atoms with E-state index in [0.717, 1.165) is 29.9 Å². The smallest absolute Gasteiger partial charge is 0.234 e. The summed E-state index contributed by atoms with van der Waals surface area (Å²) in [6, 6.07) is 4.59. The zero-order chi connectivity index (χ0) is 30.4. The molecule has 0 saturated carbocycles. The molecule has 224 valence electrons. The van der Waals surface area contributed by atoms with Crippen molar-refractivity contribution in [2.45, 2.75) is 79.8 Å². The maximum atomic E-state index is 14.6. The van der Waals surface area contributed by atoms with Gasteiger partial charge in [0.05, 0.1) is 46.7 Å². The van der Waals surface area contributed by atoms with E-state index < -0.39 is 11.2 Å². The summed E-state index contributed by atoms with van der Waals surface area (Å²) in [7, 11) is 0. The fourth-order valence-corrected chi connectivity index (χ4v) is 7.26. The summed E-state index contributed by atoms with van der Waals surface area (Å²) in [6.07, 6.45) is 3.90. The monoisotopic (exact) mass is 611 g/mol. The Morgan fingerprint density at radius 1 is 1.24 bits per heavy atom. The first-order chi connectivity index (χ1) is 19.8. The summed E-state index contributed by atoms with van der Waals surface area (Å²) >= 11 is 7.59. The molecule has 1 unspecified atom stereocenters. The molecule has 0 aliphatic carbocycles. The molecule has 3 aromatic heterocycles. The number of halogens is 2. The molecule has 1 aliphatic heterocycles. The van der Waals surface area contributed by atoms with Gasteiger partial charge in [-0.15, -0.1) is 16.4 Å². The Kier molecular flexibility index (Phi) is 8.33. The van der Waals surface area contributed by atoms with Crippen molar-refractivity contribution in [3.05, 3.63) is 69.0 Å². The van der Waals surface area contributed by atoms with E-state index in [0.29, 0.717) is 47.8 Å². The first kappa shape index (κ1) is 30.4. The summed E-state index contributed by atoms with van der Waals surface area (Å²) in [5, 5.41) is 16.2. The number of hydrogen-bond acceptors (Lipinski definition) is 6. The Morgan fingerprint density at radius 3 is 2.67 bits per heavy atom. The lowest BCUT2D eigenvalue weighted by Gasteiger charge is -2.47. The van der Waals surface area contributed by atoms with Crippen molar-refractivity contribution in [2.24, 2.45) is 11.3 Å². The Hall–Kier alpha value is -3.11. The lowest BCUT2D eigenvalue weighted by atomic mass is 9.70. The van der Waals surface area contributed by atoms with Gasteiger partial charge >= 0.3 is 0 Å². The Labute approximate surface area is 255 Å². The van der Waals surface area contributed by atoms with Crippen molar-refractivity contribution in [3.8, 4) is 10.6 Å². The number of rotatable bonds is 8. The number of nitrogens with zero attached hydrogens (tertiary/aromatic N) is 7. The fraction of sp³-hybridized carbons (Fsp3) is 0.516. The maximum absolute atomic E-state index is 14.6. The van der Waals surface area contributed by atoms with Crippen molar-refractivity contribution >= 4 is 28.8 Å². The zero-order valence-electron chi connectivity index (χ0n) is 25.4. The number of benzene rings is 1. The van der Waals surface area contributed by atoms with Crippen LogP contribution in [-0.2, 0) is 23.3 Å². The van der Waals surface area contributed by atoms with Crippen LogP contribution in [-0.4, -0.2) is 53.7 Å². The quantitative estimate of drug-likeness (QED) is 0.224. The molecule has 4 aromatic rings. The number of carbonyl (C=O) groups is 1. The molecule has 11 heteroatoms. The highest BCUT2D eigenvalue weighted by molar-refractivity contribution is 7.13. The van der Waals surface area contributed by atoms with Crippen LogP contribution in [0.25, 0.3) is 10.6 Å². The van der Waals surface area contributed by atoms with E-state index in [1.165, 1.54) is 23.0 Å². The van der Waals surface area contributed by atoms with Crippen molar-refractivity contribution < 1.29 is 9.18 Å². The molecule has 1 amide bonds. The lowest BCUT2D eigenvalue weighted by Crippen LogP contribution is -2.54. The van der Waals surface area contributed by atoms with Gasteiger partial charge in [-0.2, -0.15) is 5.10 Å². The summed E-state index contributed by atoms with van der Waals surface area (Å²) in [5.74, 6) is -0.0917. The predicted molar refractivity (Wildman–Crippen MR) is 164 cm³/mol. The molecular weight excluding hydrogens is 573 g/mol. The first-order valence-corrected chi connectivity index (χ1v) is 15.7. The highest BCUT2D eigenvalue weighted by atomic mass is 35.5. The van der Waals surface area contributed by atoms with Crippen molar-refractivity contribution in [2.75, 3.05) is 13.1 Å². The van der Waals surface area contributed by atoms with E-state index in [-0.39, 0.29) is 16.9 Å². The predicted octanol–water partition coefficient (Wildman–Crippen LogP) is 6.61. The molecule has 8 nitrogen and oxygen atoms in total. The fourth-order valence-electron chi connectivity index (χ4n) is 5.90.